The lowest BCUT2D eigenvalue weighted by atomic mass is 9.75. The van der Waals surface area contributed by atoms with Gasteiger partial charge in [-0.2, -0.15) is 0 Å². The third kappa shape index (κ3) is 5.54. The maximum Gasteiger partial charge on any atom is 0.548 e. The van der Waals surface area contributed by atoms with E-state index in [4.69, 9.17) is 5.11 Å². The number of carboxylic acid groups (broad SMARTS) is 1. The first-order valence-corrected chi connectivity index (χ1v) is 7.92. The summed E-state index contributed by atoms with van der Waals surface area (Å²) >= 11 is 0. The predicted octanol–water partition coefficient (Wildman–Crippen LogP) is -0.0519. The highest BCUT2D eigenvalue weighted by atomic mass is 16.6. The van der Waals surface area contributed by atoms with Gasteiger partial charge in [0.15, 0.2) is 0 Å². The summed E-state index contributed by atoms with van der Waals surface area (Å²) in [5.41, 5.74) is 0.476. The number of phenols is 1. The van der Waals surface area contributed by atoms with Crippen LogP contribution in [0.25, 0.3) is 0 Å². The molecule has 140 valence electrons. The fourth-order valence-electron chi connectivity index (χ4n) is 2.49. The van der Waals surface area contributed by atoms with Gasteiger partial charge in [-0.05, 0) is 29.7 Å². The normalized spacial score (nSPS) is 11.3. The van der Waals surface area contributed by atoms with Crippen LogP contribution >= 0.6 is 0 Å². The zero-order chi connectivity index (χ0) is 19.8. The second kappa shape index (κ2) is 9.34. The van der Waals surface area contributed by atoms with Crippen molar-refractivity contribution in [2.75, 3.05) is 0 Å². The molecule has 0 saturated carbocycles. The molecule has 0 bridgehead atoms. The smallest absolute Gasteiger partial charge is 0.511 e. The summed E-state index contributed by atoms with van der Waals surface area (Å²) in [6.07, 6.45) is 2.87. The van der Waals surface area contributed by atoms with Gasteiger partial charge in [0, 0.05) is 12.4 Å². The van der Waals surface area contributed by atoms with Crippen molar-refractivity contribution < 1.29 is 34.3 Å². The molecule has 1 aromatic carbocycles. The van der Waals surface area contributed by atoms with E-state index in [1.54, 1.807) is 18.3 Å². The standard InChI is InChI=1S/C17H17BN2O7/c21-10-27-18(26)14(20-15(22)7-11-3-2-6-19-9-11)8-12-4-1-5-13(16(12)23)17(24)25/h1-6,9-10,14,23,26H,7-8H2,(H,20,22)(H,24,25)/t14-/m0/s1. The van der Waals surface area contributed by atoms with Crippen LogP contribution in [0.1, 0.15) is 21.5 Å². The van der Waals surface area contributed by atoms with Crippen molar-refractivity contribution in [3.63, 3.8) is 0 Å². The van der Waals surface area contributed by atoms with E-state index < -0.39 is 30.7 Å². The van der Waals surface area contributed by atoms with E-state index in [0.29, 0.717) is 5.56 Å². The Morgan fingerprint density at radius 1 is 1.30 bits per heavy atom. The molecule has 1 amide bonds. The third-order valence-electron chi connectivity index (χ3n) is 3.76. The van der Waals surface area contributed by atoms with Crippen molar-refractivity contribution in [2.24, 2.45) is 0 Å². The topological polar surface area (TPSA) is 146 Å². The highest BCUT2D eigenvalue weighted by molar-refractivity contribution is 6.47. The monoisotopic (exact) mass is 372 g/mol. The number of hydrogen-bond donors (Lipinski definition) is 4. The molecule has 0 aliphatic carbocycles. The SMILES string of the molecule is O=COB(O)[C@H](Cc1cccc(C(=O)O)c1O)NC(=O)Cc1cccnc1. The fourth-order valence-corrected chi connectivity index (χ4v) is 2.49. The zero-order valence-electron chi connectivity index (χ0n) is 14.1. The lowest BCUT2D eigenvalue weighted by Gasteiger charge is -2.20. The van der Waals surface area contributed by atoms with E-state index in [9.17, 15) is 24.5 Å². The number of carbonyl (C=O) groups is 3. The van der Waals surface area contributed by atoms with Crippen molar-refractivity contribution in [1.82, 2.24) is 10.3 Å². The number of nitrogens with zero attached hydrogens (tertiary/aromatic N) is 1. The van der Waals surface area contributed by atoms with Crippen molar-refractivity contribution >= 4 is 25.5 Å². The molecular formula is C17H17BN2O7. The highest BCUT2D eigenvalue weighted by Crippen LogP contribution is 2.24. The summed E-state index contributed by atoms with van der Waals surface area (Å²) in [5.74, 6) is -3.39. The van der Waals surface area contributed by atoms with Crippen LogP contribution < -0.4 is 5.32 Å². The summed E-state index contributed by atoms with van der Waals surface area (Å²) in [4.78, 5) is 37.8. The predicted molar refractivity (Wildman–Crippen MR) is 93.8 cm³/mol. The molecule has 0 saturated heterocycles. The van der Waals surface area contributed by atoms with Gasteiger partial charge in [-0.1, -0.05) is 18.2 Å². The van der Waals surface area contributed by atoms with Gasteiger partial charge in [0.2, 0.25) is 5.91 Å². The number of aromatic carboxylic acids is 1. The van der Waals surface area contributed by atoms with Gasteiger partial charge >= 0.3 is 13.1 Å². The van der Waals surface area contributed by atoms with Crippen molar-refractivity contribution in [2.45, 2.75) is 18.8 Å². The molecule has 0 aliphatic heterocycles. The summed E-state index contributed by atoms with van der Waals surface area (Å²) in [6.45, 7) is 0.0263. The number of pyridine rings is 1. The molecule has 2 rings (SSSR count). The molecule has 0 radical (unpaired) electrons. The van der Waals surface area contributed by atoms with Crippen LogP contribution in [0.4, 0.5) is 0 Å². The summed E-state index contributed by atoms with van der Waals surface area (Å²) in [6, 6.07) is 7.44. The largest absolute Gasteiger partial charge is 0.548 e. The van der Waals surface area contributed by atoms with Gasteiger partial charge < -0.3 is 25.2 Å². The molecule has 0 aliphatic rings. The number of amides is 1. The van der Waals surface area contributed by atoms with Gasteiger partial charge in [0.1, 0.15) is 11.3 Å². The van der Waals surface area contributed by atoms with Gasteiger partial charge in [0.05, 0.1) is 12.4 Å². The first kappa shape index (κ1) is 19.9. The molecule has 10 heteroatoms. The lowest BCUT2D eigenvalue weighted by molar-refractivity contribution is -0.123. The van der Waals surface area contributed by atoms with Crippen LogP contribution in [-0.4, -0.2) is 51.6 Å². The number of aromatic hydroxyl groups is 1. The number of carbonyl (C=O) groups excluding carboxylic acids is 2. The number of rotatable bonds is 9. The Balaban J connectivity index is 2.17. The van der Waals surface area contributed by atoms with Crippen LogP contribution in [0.15, 0.2) is 42.7 Å². The van der Waals surface area contributed by atoms with Gasteiger partial charge in [0.25, 0.3) is 6.47 Å². The maximum absolute atomic E-state index is 12.2. The van der Waals surface area contributed by atoms with E-state index in [1.807, 2.05) is 0 Å². The van der Waals surface area contributed by atoms with Gasteiger partial charge in [-0.15, -0.1) is 0 Å². The number of nitrogens with one attached hydrogen (secondary N) is 1. The maximum atomic E-state index is 12.2. The molecule has 27 heavy (non-hydrogen) atoms. The summed E-state index contributed by atoms with van der Waals surface area (Å²) < 4.78 is 4.49. The average Bonchev–Trinajstić information content (AvgIpc) is 2.63. The molecule has 1 heterocycles. The Hall–Kier alpha value is -3.40. The Kier molecular flexibility index (Phi) is 6.89. The third-order valence-corrected chi connectivity index (χ3v) is 3.76. The fraction of sp³-hybridized carbons (Fsp3) is 0.176. The molecule has 0 spiro atoms. The van der Waals surface area contributed by atoms with Crippen molar-refractivity contribution in [1.29, 1.82) is 0 Å². The second-order valence-corrected chi connectivity index (χ2v) is 5.66. The van der Waals surface area contributed by atoms with E-state index in [0.717, 1.165) is 0 Å². The van der Waals surface area contributed by atoms with Crippen LogP contribution in [0.5, 0.6) is 5.75 Å². The lowest BCUT2D eigenvalue weighted by Crippen LogP contribution is -2.49. The minimum absolute atomic E-state index is 0.0263. The van der Waals surface area contributed by atoms with Gasteiger partial charge in [-0.3, -0.25) is 14.6 Å². The number of carboxylic acids is 1. The quantitative estimate of drug-likeness (QED) is 0.354. The minimum Gasteiger partial charge on any atom is -0.511 e. The van der Waals surface area contributed by atoms with E-state index in [-0.39, 0.29) is 30.4 Å². The van der Waals surface area contributed by atoms with Crippen molar-refractivity contribution in [3.05, 3.63) is 59.4 Å². The Labute approximate surface area is 154 Å². The second-order valence-electron chi connectivity index (χ2n) is 5.66. The number of para-hydroxylation sites is 1. The number of benzene rings is 1. The summed E-state index contributed by atoms with van der Waals surface area (Å²) in [7, 11) is -1.69. The molecule has 4 N–H and O–H groups in total. The zero-order valence-corrected chi connectivity index (χ0v) is 14.1. The highest BCUT2D eigenvalue weighted by Gasteiger charge is 2.31. The first-order chi connectivity index (χ1) is 12.9. The van der Waals surface area contributed by atoms with E-state index >= 15 is 0 Å². The number of aromatic nitrogens is 1. The number of hydrogen-bond acceptors (Lipinski definition) is 7. The molecule has 9 nitrogen and oxygen atoms in total. The molecule has 0 fully saturated rings. The van der Waals surface area contributed by atoms with Gasteiger partial charge in [-0.25, -0.2) is 4.79 Å². The van der Waals surface area contributed by atoms with Crippen molar-refractivity contribution in [3.8, 4) is 5.75 Å². The minimum atomic E-state index is -1.69. The molecule has 2 aromatic rings. The van der Waals surface area contributed by atoms with Crippen LogP contribution in [0.2, 0.25) is 0 Å². The van der Waals surface area contributed by atoms with Crippen LogP contribution in [0, 0.1) is 0 Å². The molecular weight excluding hydrogens is 355 g/mol. The van der Waals surface area contributed by atoms with E-state index in [2.05, 4.69) is 15.0 Å². The molecule has 1 aromatic heterocycles. The molecule has 1 atom stereocenters. The Morgan fingerprint density at radius 2 is 2.07 bits per heavy atom. The molecule has 0 unspecified atom stereocenters. The van der Waals surface area contributed by atoms with E-state index in [1.165, 1.54) is 24.4 Å². The Morgan fingerprint density at radius 3 is 2.70 bits per heavy atom. The first-order valence-electron chi connectivity index (χ1n) is 7.92. The van der Waals surface area contributed by atoms with Crippen LogP contribution in [0.3, 0.4) is 0 Å². The Bertz CT molecular complexity index is 816. The van der Waals surface area contributed by atoms with Crippen LogP contribution in [-0.2, 0) is 27.1 Å². The summed E-state index contributed by atoms with van der Waals surface area (Å²) in [5, 5.41) is 31.7. The average molecular weight is 372 g/mol.